The van der Waals surface area contributed by atoms with Gasteiger partial charge in [-0.05, 0) is 49.4 Å². The fourth-order valence-electron chi connectivity index (χ4n) is 5.14. The van der Waals surface area contributed by atoms with Crippen LogP contribution in [0, 0.1) is 0 Å². The number of benzene rings is 1. The predicted molar refractivity (Wildman–Crippen MR) is 136 cm³/mol. The molecule has 1 aromatic carbocycles. The minimum Gasteiger partial charge on any atom is -0.491 e. The van der Waals surface area contributed by atoms with E-state index in [4.69, 9.17) is 21.1 Å². The number of nitrogens with zero attached hydrogens (tertiary/aromatic N) is 1. The van der Waals surface area contributed by atoms with E-state index in [0.717, 1.165) is 72.6 Å². The summed E-state index contributed by atoms with van der Waals surface area (Å²) in [5, 5.41) is 7.40. The quantitative estimate of drug-likeness (QED) is 0.393. The Morgan fingerprint density at radius 3 is 2.91 bits per heavy atom. The van der Waals surface area contributed by atoms with E-state index in [9.17, 15) is 4.79 Å². The van der Waals surface area contributed by atoms with Crippen LogP contribution in [0.2, 0.25) is 5.02 Å². The minimum absolute atomic E-state index is 0.0184. The van der Waals surface area contributed by atoms with Crippen molar-refractivity contribution in [2.75, 3.05) is 25.1 Å². The third-order valence-electron chi connectivity index (χ3n) is 7.47. The van der Waals surface area contributed by atoms with Crippen molar-refractivity contribution in [1.82, 2.24) is 15.3 Å². The summed E-state index contributed by atoms with van der Waals surface area (Å²) in [5.41, 5.74) is 6.02. The fraction of sp³-hybridized carbons (Fsp3) is 0.407. The van der Waals surface area contributed by atoms with Crippen LogP contribution in [-0.4, -0.2) is 41.7 Å². The Kier molecular flexibility index (Phi) is 5.69. The first kappa shape index (κ1) is 22.4. The highest BCUT2D eigenvalue weighted by atomic mass is 35.5. The molecule has 1 saturated carbocycles. The van der Waals surface area contributed by atoms with Crippen LogP contribution in [0.15, 0.2) is 36.7 Å². The zero-order chi connectivity index (χ0) is 24.0. The van der Waals surface area contributed by atoms with Crippen molar-refractivity contribution in [2.24, 2.45) is 0 Å². The van der Waals surface area contributed by atoms with Crippen LogP contribution in [-0.2, 0) is 16.6 Å². The number of anilines is 2. The van der Waals surface area contributed by atoms with Gasteiger partial charge in [-0.15, -0.1) is 0 Å². The molecule has 1 amide bonds. The van der Waals surface area contributed by atoms with Crippen molar-refractivity contribution in [1.29, 1.82) is 0 Å². The maximum atomic E-state index is 13.2. The van der Waals surface area contributed by atoms with Crippen molar-refractivity contribution in [3.05, 3.63) is 58.5 Å². The molecule has 0 bridgehead atoms. The molecule has 1 aliphatic carbocycles. The molecule has 2 aliphatic heterocycles. The van der Waals surface area contributed by atoms with E-state index in [1.165, 1.54) is 0 Å². The van der Waals surface area contributed by atoms with E-state index in [0.29, 0.717) is 29.5 Å². The third-order valence-corrected chi connectivity index (χ3v) is 7.83. The van der Waals surface area contributed by atoms with Crippen LogP contribution in [0.5, 0.6) is 5.75 Å². The first-order valence-electron chi connectivity index (χ1n) is 12.4. The Morgan fingerprint density at radius 2 is 2.17 bits per heavy atom. The van der Waals surface area contributed by atoms with Crippen molar-refractivity contribution in [3.8, 4) is 17.0 Å². The van der Waals surface area contributed by atoms with Gasteiger partial charge in [-0.3, -0.25) is 9.78 Å². The summed E-state index contributed by atoms with van der Waals surface area (Å²) in [6.07, 6.45) is 8.57. The molecule has 2 fully saturated rings. The van der Waals surface area contributed by atoms with E-state index in [2.05, 4.69) is 27.5 Å². The normalized spacial score (nSPS) is 19.6. The standard InChI is InChI=1S/C27H29ClN4O3/c1-2-17-19(28)4-3-5-20(17)31-24-22-25(27(9-10-27)15-30-26(22)33)32-23(24)18-6-11-29-14-21(18)35-13-8-16-7-12-34-16/h3-6,11,14,16,31-32H,2,7-10,12-13,15H2,1H3,(H,30,33)/t16-/m0/s1. The number of aromatic amines is 1. The number of fused-ring (bicyclic) bond motifs is 2. The zero-order valence-corrected chi connectivity index (χ0v) is 20.5. The molecular formula is C27H29ClN4O3. The maximum absolute atomic E-state index is 13.2. The molecule has 182 valence electrons. The smallest absolute Gasteiger partial charge is 0.255 e. The van der Waals surface area contributed by atoms with Crippen molar-refractivity contribution < 1.29 is 14.3 Å². The zero-order valence-electron chi connectivity index (χ0n) is 19.7. The van der Waals surface area contributed by atoms with Gasteiger partial charge in [0.05, 0.1) is 35.9 Å². The van der Waals surface area contributed by atoms with Crippen LogP contribution in [0.4, 0.5) is 11.4 Å². The molecule has 3 aliphatic rings. The number of nitrogens with one attached hydrogen (secondary N) is 3. The van der Waals surface area contributed by atoms with E-state index in [1.54, 1.807) is 12.4 Å². The molecule has 4 heterocycles. The number of pyridine rings is 1. The summed E-state index contributed by atoms with van der Waals surface area (Å²) in [6, 6.07) is 7.76. The number of hydrogen-bond acceptors (Lipinski definition) is 5. The average Bonchev–Trinajstić information content (AvgIpc) is 3.51. The molecule has 8 heteroatoms. The van der Waals surface area contributed by atoms with Gasteiger partial charge >= 0.3 is 0 Å². The second kappa shape index (κ2) is 8.88. The second-order valence-electron chi connectivity index (χ2n) is 9.62. The molecule has 35 heavy (non-hydrogen) atoms. The maximum Gasteiger partial charge on any atom is 0.255 e. The number of carbonyl (C=O) groups is 1. The highest BCUT2D eigenvalue weighted by Gasteiger charge is 2.51. The monoisotopic (exact) mass is 492 g/mol. The summed E-state index contributed by atoms with van der Waals surface area (Å²) in [7, 11) is 0. The fourth-order valence-corrected chi connectivity index (χ4v) is 5.45. The Morgan fingerprint density at radius 1 is 1.31 bits per heavy atom. The summed E-state index contributed by atoms with van der Waals surface area (Å²) in [6.45, 7) is 4.12. The Bertz CT molecular complexity index is 1280. The van der Waals surface area contributed by atoms with Crippen LogP contribution in [0.1, 0.15) is 54.2 Å². The number of carbonyl (C=O) groups excluding carboxylic acids is 1. The van der Waals surface area contributed by atoms with Gasteiger partial charge < -0.3 is 25.1 Å². The van der Waals surface area contributed by atoms with Crippen LogP contribution in [0.3, 0.4) is 0 Å². The highest BCUT2D eigenvalue weighted by molar-refractivity contribution is 6.31. The van der Waals surface area contributed by atoms with Gasteiger partial charge in [-0.2, -0.15) is 0 Å². The highest BCUT2D eigenvalue weighted by Crippen LogP contribution is 2.54. The molecule has 0 unspecified atom stereocenters. The number of ether oxygens (including phenoxy) is 2. The lowest BCUT2D eigenvalue weighted by Crippen LogP contribution is -2.39. The van der Waals surface area contributed by atoms with E-state index >= 15 is 0 Å². The molecule has 1 atom stereocenters. The molecule has 6 rings (SSSR count). The number of aromatic nitrogens is 2. The molecule has 3 aromatic rings. The Hall–Kier alpha value is -3.03. The van der Waals surface area contributed by atoms with Crippen LogP contribution < -0.4 is 15.4 Å². The van der Waals surface area contributed by atoms with Crippen molar-refractivity contribution in [2.45, 2.75) is 50.5 Å². The predicted octanol–water partition coefficient (Wildman–Crippen LogP) is 5.37. The number of hydrogen-bond donors (Lipinski definition) is 3. The largest absolute Gasteiger partial charge is 0.491 e. The molecule has 3 N–H and O–H groups in total. The minimum atomic E-state index is -0.0683. The van der Waals surface area contributed by atoms with Crippen molar-refractivity contribution >= 4 is 28.9 Å². The van der Waals surface area contributed by atoms with E-state index in [-0.39, 0.29) is 17.4 Å². The number of amides is 1. The summed E-state index contributed by atoms with van der Waals surface area (Å²) < 4.78 is 11.7. The molecule has 1 spiro atoms. The van der Waals surface area contributed by atoms with Gasteiger partial charge in [0.2, 0.25) is 0 Å². The lowest BCUT2D eigenvalue weighted by molar-refractivity contribution is -0.0596. The Labute approximate surface area is 209 Å². The summed E-state index contributed by atoms with van der Waals surface area (Å²) in [5.74, 6) is 0.613. The first-order chi connectivity index (χ1) is 17.1. The SMILES string of the molecule is CCc1c(Cl)cccc1Nc1c(-c2ccncc2OCC[C@@H]2CCO2)[nH]c2c1C(=O)NCC21CC1. The van der Waals surface area contributed by atoms with Gasteiger partial charge in [-0.25, -0.2) is 0 Å². The average molecular weight is 493 g/mol. The third kappa shape index (κ3) is 3.96. The lowest BCUT2D eigenvalue weighted by atomic mass is 9.93. The molecule has 1 saturated heterocycles. The van der Waals surface area contributed by atoms with Gasteiger partial charge in [-0.1, -0.05) is 24.6 Å². The van der Waals surface area contributed by atoms with E-state index in [1.807, 2.05) is 24.3 Å². The van der Waals surface area contributed by atoms with Crippen LogP contribution >= 0.6 is 11.6 Å². The Balaban J connectivity index is 1.44. The van der Waals surface area contributed by atoms with Gasteiger partial charge in [0.15, 0.2) is 0 Å². The first-order valence-corrected chi connectivity index (χ1v) is 12.8. The molecule has 2 aromatic heterocycles. The molecule has 0 radical (unpaired) electrons. The second-order valence-corrected chi connectivity index (χ2v) is 10.0. The number of halogens is 1. The van der Waals surface area contributed by atoms with Gasteiger partial charge in [0.1, 0.15) is 5.75 Å². The van der Waals surface area contributed by atoms with Crippen LogP contribution in [0.25, 0.3) is 11.3 Å². The molecular weight excluding hydrogens is 464 g/mol. The van der Waals surface area contributed by atoms with Gasteiger partial charge in [0, 0.05) is 53.2 Å². The topological polar surface area (TPSA) is 88.3 Å². The van der Waals surface area contributed by atoms with Gasteiger partial charge in [0.25, 0.3) is 5.91 Å². The van der Waals surface area contributed by atoms with E-state index < -0.39 is 0 Å². The summed E-state index contributed by atoms with van der Waals surface area (Å²) in [4.78, 5) is 21.1. The molecule has 7 nitrogen and oxygen atoms in total. The number of rotatable bonds is 8. The lowest BCUT2D eigenvalue weighted by Gasteiger charge is -2.26. The summed E-state index contributed by atoms with van der Waals surface area (Å²) >= 11 is 6.51. The van der Waals surface area contributed by atoms with Crippen molar-refractivity contribution in [3.63, 3.8) is 0 Å². The number of H-pyrrole nitrogens is 1.